The Labute approximate surface area is 369 Å². The van der Waals surface area contributed by atoms with Crippen molar-refractivity contribution in [2.45, 2.75) is 26.5 Å². The van der Waals surface area contributed by atoms with Crippen molar-refractivity contribution in [1.82, 2.24) is 0 Å². The first-order valence-corrected chi connectivity index (χ1v) is 24.2. The Kier molecular flexibility index (Phi) is 12.4. The number of azo groups is 2. The molecule has 24 heteroatoms. The molecule has 7 aromatic rings. The molecule has 0 radical (unpaired) electrons. The third-order valence-corrected chi connectivity index (χ3v) is 12.9. The first-order chi connectivity index (χ1) is 30.5. The van der Waals surface area contributed by atoms with Gasteiger partial charge in [-0.3, -0.25) is 23.0 Å². The molecule has 0 heterocycles. The van der Waals surface area contributed by atoms with E-state index in [1.807, 2.05) is 0 Å². The second-order valence-corrected chi connectivity index (χ2v) is 19.3. The third kappa shape index (κ3) is 9.88. The van der Waals surface area contributed by atoms with Crippen LogP contribution in [0, 0.1) is 0 Å². The van der Waals surface area contributed by atoms with Gasteiger partial charge in [0.2, 0.25) is 0 Å². The van der Waals surface area contributed by atoms with E-state index >= 15 is 0 Å². The lowest BCUT2D eigenvalue weighted by atomic mass is 10.1. The summed E-state index contributed by atoms with van der Waals surface area (Å²) in [7, 11) is -20.2. The van der Waals surface area contributed by atoms with E-state index in [2.05, 4.69) is 25.8 Å². The van der Waals surface area contributed by atoms with Gasteiger partial charge < -0.3 is 15.2 Å². The fourth-order valence-corrected chi connectivity index (χ4v) is 8.92. The summed E-state index contributed by atoms with van der Waals surface area (Å²) in [5.41, 5.74) is -1.20. The molecule has 0 unspecified atom stereocenters. The summed E-state index contributed by atoms with van der Waals surface area (Å²) in [5, 5.41) is 29.4. The Morgan fingerprint density at radius 3 is 1.80 bits per heavy atom. The van der Waals surface area contributed by atoms with Gasteiger partial charge in [0.15, 0.2) is 5.75 Å². The molecule has 20 nitrogen and oxygen atoms in total. The van der Waals surface area contributed by atoms with Crippen LogP contribution in [0.4, 0.5) is 28.4 Å². The van der Waals surface area contributed by atoms with Gasteiger partial charge in [0, 0.05) is 27.8 Å². The molecule has 0 saturated carbocycles. The van der Waals surface area contributed by atoms with Crippen molar-refractivity contribution in [3.8, 4) is 22.6 Å². The molecular formula is C41H31N5O15S4. The van der Waals surface area contributed by atoms with E-state index in [0.29, 0.717) is 17.2 Å². The van der Waals surface area contributed by atoms with Crippen LogP contribution in [0.3, 0.4) is 0 Å². The highest BCUT2D eigenvalue weighted by Crippen LogP contribution is 2.48. The van der Waals surface area contributed by atoms with Crippen molar-refractivity contribution in [2.24, 2.45) is 20.5 Å². The topological polar surface area (TPSA) is 325 Å². The number of phenols is 1. The summed E-state index contributed by atoms with van der Waals surface area (Å²) < 4.78 is 146. The number of amides is 1. The lowest BCUT2D eigenvalue weighted by Gasteiger charge is -2.15. The number of aromatic hydroxyl groups is 1. The van der Waals surface area contributed by atoms with Crippen LogP contribution in [-0.4, -0.2) is 69.5 Å². The van der Waals surface area contributed by atoms with E-state index < -0.39 is 93.9 Å². The lowest BCUT2D eigenvalue weighted by Crippen LogP contribution is -2.13. The molecule has 334 valence electrons. The maximum atomic E-state index is 13.2. The predicted molar refractivity (Wildman–Crippen MR) is 235 cm³/mol. The number of phenolic OH excluding ortho intramolecular Hbond substituents is 1. The first kappa shape index (κ1) is 46.0. The van der Waals surface area contributed by atoms with Crippen molar-refractivity contribution in [3.05, 3.63) is 127 Å². The van der Waals surface area contributed by atoms with E-state index in [-0.39, 0.29) is 45.8 Å². The Morgan fingerprint density at radius 2 is 1.18 bits per heavy atom. The molecule has 0 aliphatic rings. The molecule has 0 aliphatic carbocycles. The molecule has 7 aromatic carbocycles. The zero-order chi connectivity index (χ0) is 47.1. The molecule has 65 heavy (non-hydrogen) atoms. The summed E-state index contributed by atoms with van der Waals surface area (Å²) in [6.07, 6.45) is 0. The van der Waals surface area contributed by atoms with Gasteiger partial charge in [-0.05, 0) is 78.0 Å². The zero-order valence-electron chi connectivity index (χ0n) is 33.0. The Balaban J connectivity index is 1.45. The van der Waals surface area contributed by atoms with Crippen LogP contribution in [-0.2, 0) is 40.5 Å². The maximum Gasteiger partial charge on any atom is 0.296 e. The van der Waals surface area contributed by atoms with Gasteiger partial charge in [0.05, 0.1) is 27.8 Å². The van der Waals surface area contributed by atoms with Crippen LogP contribution in [0.25, 0.3) is 32.7 Å². The minimum Gasteiger partial charge on any atom is -0.505 e. The molecule has 0 saturated heterocycles. The number of hydrogen-bond acceptors (Lipinski definition) is 15. The number of anilines is 1. The number of carbonyl (C=O) groups excluding carboxylic acids is 1. The van der Waals surface area contributed by atoms with Gasteiger partial charge in [0.1, 0.15) is 32.6 Å². The van der Waals surface area contributed by atoms with Crippen LogP contribution in [0.5, 0.6) is 11.5 Å². The minimum absolute atomic E-state index is 0.0715. The predicted octanol–water partition coefficient (Wildman–Crippen LogP) is 8.83. The highest BCUT2D eigenvalue weighted by atomic mass is 32.2. The van der Waals surface area contributed by atoms with Gasteiger partial charge in [-0.1, -0.05) is 60.7 Å². The second kappa shape index (κ2) is 17.5. The largest absolute Gasteiger partial charge is 0.505 e. The highest BCUT2D eigenvalue weighted by Gasteiger charge is 2.27. The molecule has 0 fully saturated rings. The number of ether oxygens (including phenoxy) is 1. The quantitative estimate of drug-likeness (QED) is 0.0464. The van der Waals surface area contributed by atoms with Gasteiger partial charge in [-0.25, -0.2) is 0 Å². The summed E-state index contributed by atoms with van der Waals surface area (Å²) >= 11 is 0. The fourth-order valence-electron chi connectivity index (χ4n) is 6.56. The molecule has 0 spiro atoms. The van der Waals surface area contributed by atoms with Crippen molar-refractivity contribution in [3.63, 3.8) is 0 Å². The van der Waals surface area contributed by atoms with Crippen LogP contribution < -0.4 is 10.1 Å². The number of nitrogens with one attached hydrogen (secondary N) is 1. The summed E-state index contributed by atoms with van der Waals surface area (Å²) in [6, 6.07) is 26.4. The van der Waals surface area contributed by atoms with Gasteiger partial charge in [-0.2, -0.15) is 33.7 Å². The maximum absolute atomic E-state index is 13.2. The number of nitrogens with zero attached hydrogens (tertiary/aromatic N) is 4. The van der Waals surface area contributed by atoms with Gasteiger partial charge in [0.25, 0.3) is 46.4 Å². The third-order valence-electron chi connectivity index (χ3n) is 9.46. The summed E-state index contributed by atoms with van der Waals surface area (Å²) in [4.78, 5) is 9.98. The average molecular weight is 962 g/mol. The van der Waals surface area contributed by atoms with Crippen molar-refractivity contribution in [2.75, 3.05) is 11.9 Å². The molecule has 0 atom stereocenters. The first-order valence-electron chi connectivity index (χ1n) is 18.4. The molecule has 1 amide bonds. The molecule has 6 N–H and O–H groups in total. The normalized spacial score (nSPS) is 12.6. The average Bonchev–Trinajstić information content (AvgIpc) is 3.24. The van der Waals surface area contributed by atoms with Crippen LogP contribution in [0.1, 0.15) is 17.3 Å². The molecular weight excluding hydrogens is 931 g/mol. The summed E-state index contributed by atoms with van der Waals surface area (Å²) in [6.45, 7) is 1.47. The monoisotopic (exact) mass is 961 g/mol. The fraction of sp³-hybridized carbons (Fsp3) is 0.0488. The Morgan fingerprint density at radius 1 is 0.569 bits per heavy atom. The molecule has 0 bridgehead atoms. The van der Waals surface area contributed by atoms with Crippen LogP contribution >= 0.6 is 0 Å². The minimum atomic E-state index is -5.36. The van der Waals surface area contributed by atoms with E-state index in [4.69, 9.17) is 4.74 Å². The Hall–Kier alpha value is -7.03. The SMILES string of the molecule is CCOc1cc(N=Nc2ccc(-c3ccccc3)cc2S(=O)(=O)O)c2cc(S(=O)(=O)O)ccc2c1N=Nc1c(S(=O)(=O)O)cc2cc(S(=O)(=O)O)cc(NC(=O)c3ccccc3)c2c1O. The van der Waals surface area contributed by atoms with Crippen LogP contribution in [0.15, 0.2) is 161 Å². The van der Waals surface area contributed by atoms with Gasteiger partial charge >= 0.3 is 0 Å². The molecule has 0 aromatic heterocycles. The van der Waals surface area contributed by atoms with Crippen LogP contribution in [0.2, 0.25) is 0 Å². The number of carbonyl (C=O) groups is 1. The summed E-state index contributed by atoms with van der Waals surface area (Å²) in [5.74, 6) is -2.10. The molecule has 0 aliphatic heterocycles. The smallest absolute Gasteiger partial charge is 0.296 e. The number of benzene rings is 7. The van der Waals surface area contributed by atoms with Crippen molar-refractivity contribution in [1.29, 1.82) is 0 Å². The highest BCUT2D eigenvalue weighted by molar-refractivity contribution is 7.86. The number of fused-ring (bicyclic) bond motifs is 2. The van der Waals surface area contributed by atoms with E-state index in [1.165, 1.54) is 42.5 Å². The number of rotatable bonds is 13. The van der Waals surface area contributed by atoms with E-state index in [1.54, 1.807) is 43.3 Å². The number of hydrogen-bond donors (Lipinski definition) is 6. The van der Waals surface area contributed by atoms with E-state index in [0.717, 1.165) is 36.4 Å². The Bertz CT molecular complexity index is 3610. The lowest BCUT2D eigenvalue weighted by molar-refractivity contribution is 0.102. The second-order valence-electron chi connectivity index (χ2n) is 13.7. The zero-order valence-corrected chi connectivity index (χ0v) is 36.3. The van der Waals surface area contributed by atoms with Crippen molar-refractivity contribution < 1.29 is 66.5 Å². The van der Waals surface area contributed by atoms with Gasteiger partial charge in [-0.15, -0.1) is 20.5 Å². The van der Waals surface area contributed by atoms with Crippen molar-refractivity contribution >= 4 is 96.4 Å². The van der Waals surface area contributed by atoms with E-state index in [9.17, 15) is 61.8 Å². The standard InChI is InChI=1S/C41H31N5O15S4/c1-2-61-34-22-32(44-43-31-16-13-25(18-35(31)64(55,56)57)23-9-5-3-6-10-23)30-20-27(62(49,50)51)14-15-29(30)38(34)45-46-39-36(65(58,59)60)19-26-17-28(63(52,53)54)21-33(37(26)40(39)47)42-41(48)24-11-7-4-8-12-24/h3-22,47H,2H2,1H3,(H,42,48)(H,49,50,51)(H,52,53,54)(H,55,56,57)(H,58,59,60). The molecule has 7 rings (SSSR count).